The van der Waals surface area contributed by atoms with Crippen molar-refractivity contribution < 1.29 is 14.8 Å². The Kier molecular flexibility index (Phi) is 8.66. The molecule has 1 aliphatic heterocycles. The van der Waals surface area contributed by atoms with Crippen LogP contribution in [-0.4, -0.2) is 45.8 Å². The van der Waals surface area contributed by atoms with Crippen LogP contribution in [0.1, 0.15) is 32.1 Å². The molecule has 1 heterocycles. The van der Waals surface area contributed by atoms with Crippen LogP contribution in [0.4, 0.5) is 0 Å². The molecule has 1 rings (SSSR count). The second-order valence-corrected chi connectivity index (χ2v) is 7.50. The minimum absolute atomic E-state index is 0.129. The van der Waals surface area contributed by atoms with Gasteiger partial charge in [0.25, 0.3) is 0 Å². The van der Waals surface area contributed by atoms with Gasteiger partial charge in [0, 0.05) is 23.2 Å². The molecule has 1 amide bonds. The molecule has 1 unspecified atom stereocenters. The number of hydrogen-bond acceptors (Lipinski definition) is 6. The molecule has 4 nitrogen and oxygen atoms in total. The third-order valence-electron chi connectivity index (χ3n) is 2.81. The van der Waals surface area contributed by atoms with Crippen molar-refractivity contribution in [2.75, 3.05) is 11.5 Å². The van der Waals surface area contributed by atoms with E-state index in [4.69, 9.17) is 10.0 Å². The van der Waals surface area contributed by atoms with E-state index in [-0.39, 0.29) is 11.7 Å². The van der Waals surface area contributed by atoms with Gasteiger partial charge < -0.3 is 15.4 Å². The van der Waals surface area contributed by atoms with E-state index in [1.807, 2.05) is 21.6 Å². The molecule has 0 aliphatic carbocycles. The summed E-state index contributed by atoms with van der Waals surface area (Å²) in [5.41, 5.74) is 0. The first kappa shape index (κ1) is 16.6. The molecule has 0 aromatic carbocycles. The van der Waals surface area contributed by atoms with Crippen LogP contribution in [0, 0.1) is 0 Å². The van der Waals surface area contributed by atoms with Crippen LogP contribution >= 0.6 is 34.2 Å². The van der Waals surface area contributed by atoms with Gasteiger partial charge in [0.05, 0.1) is 5.94 Å². The van der Waals surface area contributed by atoms with Crippen LogP contribution in [0.15, 0.2) is 0 Å². The Labute approximate surface area is 122 Å². The number of hydrogen-bond donors (Lipinski definition) is 4. The van der Waals surface area contributed by atoms with E-state index in [9.17, 15) is 4.79 Å². The van der Waals surface area contributed by atoms with E-state index in [1.165, 1.54) is 18.6 Å². The van der Waals surface area contributed by atoms with Crippen LogP contribution in [0.3, 0.4) is 0 Å². The third-order valence-corrected chi connectivity index (χ3v) is 6.21. The van der Waals surface area contributed by atoms with Gasteiger partial charge in [-0.15, -0.1) is 0 Å². The maximum atomic E-state index is 11.5. The first-order valence-electron chi connectivity index (χ1n) is 6.18. The van der Waals surface area contributed by atoms with E-state index in [0.29, 0.717) is 6.42 Å². The highest BCUT2D eigenvalue weighted by Gasteiger charge is 2.23. The van der Waals surface area contributed by atoms with Crippen LogP contribution in [-0.2, 0) is 4.79 Å². The van der Waals surface area contributed by atoms with Crippen molar-refractivity contribution in [1.29, 1.82) is 0 Å². The summed E-state index contributed by atoms with van der Waals surface area (Å²) >= 11 is 3.96. The van der Waals surface area contributed by atoms with Gasteiger partial charge in [0.1, 0.15) is 0 Å². The minimum Gasteiger partial charge on any atom is -0.426 e. The summed E-state index contributed by atoms with van der Waals surface area (Å²) in [5.74, 6) is 0.658. The van der Waals surface area contributed by atoms with E-state index in [1.54, 1.807) is 0 Å². The van der Waals surface area contributed by atoms with Gasteiger partial charge in [0.15, 0.2) is 0 Å². The highest BCUT2D eigenvalue weighted by Crippen LogP contribution is 2.39. The molecule has 18 heavy (non-hydrogen) atoms. The second kappa shape index (κ2) is 9.42. The normalized spacial score (nSPS) is 20.7. The molecule has 1 fully saturated rings. The van der Waals surface area contributed by atoms with Crippen molar-refractivity contribution >= 4 is 47.2 Å². The lowest BCUT2D eigenvalue weighted by Gasteiger charge is -2.15. The monoisotopic (exact) mass is 309 g/mol. The molecule has 1 saturated heterocycles. The highest BCUT2D eigenvalue weighted by molar-refractivity contribution is 8.77. The molecule has 0 spiro atoms. The fourth-order valence-corrected chi connectivity index (χ4v) is 5.02. The standard InChI is InChI=1S/C10H20BNO3S3/c13-10(12-9(7-16)11(14)15)4-2-1-3-8-5-6-17-18-8/h8-9,14-16H,1-7H2,(H,12,13)/t8?,9-/m1/s1. The van der Waals surface area contributed by atoms with E-state index in [2.05, 4.69) is 17.9 Å². The Morgan fingerprint density at radius 2 is 2.28 bits per heavy atom. The van der Waals surface area contributed by atoms with Gasteiger partial charge in [-0.3, -0.25) is 4.79 Å². The molecule has 0 radical (unpaired) electrons. The van der Waals surface area contributed by atoms with E-state index < -0.39 is 13.1 Å². The Balaban J connectivity index is 2.05. The maximum absolute atomic E-state index is 11.5. The van der Waals surface area contributed by atoms with Crippen molar-refractivity contribution in [3.05, 3.63) is 0 Å². The first-order chi connectivity index (χ1) is 8.63. The molecule has 8 heteroatoms. The van der Waals surface area contributed by atoms with Crippen molar-refractivity contribution in [3.8, 4) is 0 Å². The van der Waals surface area contributed by atoms with Crippen LogP contribution in [0.25, 0.3) is 0 Å². The number of amides is 1. The summed E-state index contributed by atoms with van der Waals surface area (Å²) < 4.78 is 0. The van der Waals surface area contributed by atoms with Crippen LogP contribution < -0.4 is 5.32 Å². The van der Waals surface area contributed by atoms with Gasteiger partial charge in [-0.1, -0.05) is 28.0 Å². The third kappa shape index (κ3) is 6.61. The zero-order valence-corrected chi connectivity index (χ0v) is 12.8. The molecule has 0 aromatic heterocycles. The van der Waals surface area contributed by atoms with Gasteiger partial charge in [-0.05, 0) is 19.3 Å². The fraction of sp³-hybridized carbons (Fsp3) is 0.900. The molecule has 1 aliphatic rings. The summed E-state index contributed by atoms with van der Waals surface area (Å²) in [6.07, 6.45) is 4.80. The molecule has 3 N–H and O–H groups in total. The average molecular weight is 309 g/mol. The molecule has 2 atom stereocenters. The zero-order valence-electron chi connectivity index (χ0n) is 10.2. The topological polar surface area (TPSA) is 69.6 Å². The molecule has 0 saturated carbocycles. The van der Waals surface area contributed by atoms with Crippen molar-refractivity contribution in [3.63, 3.8) is 0 Å². The molecule has 0 bridgehead atoms. The van der Waals surface area contributed by atoms with Gasteiger partial charge in [0.2, 0.25) is 5.91 Å². The summed E-state index contributed by atoms with van der Waals surface area (Å²) in [6.45, 7) is 0. The Hall–Kier alpha value is 0.505. The lowest BCUT2D eigenvalue weighted by atomic mass is 9.81. The quantitative estimate of drug-likeness (QED) is 0.234. The van der Waals surface area contributed by atoms with Crippen molar-refractivity contribution in [2.24, 2.45) is 0 Å². The Morgan fingerprint density at radius 3 is 2.83 bits per heavy atom. The molecular weight excluding hydrogens is 289 g/mol. The number of carbonyl (C=O) groups excluding carboxylic acids is 1. The summed E-state index contributed by atoms with van der Waals surface area (Å²) in [7, 11) is 2.35. The molecule has 104 valence electrons. The summed E-state index contributed by atoms with van der Waals surface area (Å²) in [6, 6.07) is 0. The van der Waals surface area contributed by atoms with Gasteiger partial charge >= 0.3 is 7.12 Å². The fourth-order valence-electron chi connectivity index (χ4n) is 1.72. The number of rotatable bonds is 8. The van der Waals surface area contributed by atoms with E-state index in [0.717, 1.165) is 18.1 Å². The predicted molar refractivity (Wildman–Crippen MR) is 82.9 cm³/mol. The van der Waals surface area contributed by atoms with E-state index >= 15 is 0 Å². The number of carbonyl (C=O) groups is 1. The van der Waals surface area contributed by atoms with Crippen LogP contribution in [0.2, 0.25) is 0 Å². The SMILES string of the molecule is O=C(CCCCC1CCSS1)N[C@H](CS)B(O)O. The number of unbranched alkanes of at least 4 members (excludes halogenated alkanes) is 1. The largest absolute Gasteiger partial charge is 0.476 e. The van der Waals surface area contributed by atoms with Crippen molar-refractivity contribution in [2.45, 2.75) is 43.3 Å². The summed E-state index contributed by atoms with van der Waals surface area (Å²) in [5, 5.41) is 21.2. The minimum atomic E-state index is -1.54. The van der Waals surface area contributed by atoms with Crippen LogP contribution in [0.5, 0.6) is 0 Å². The van der Waals surface area contributed by atoms with Crippen molar-refractivity contribution in [1.82, 2.24) is 5.32 Å². The number of nitrogens with one attached hydrogen (secondary N) is 1. The Bertz CT molecular complexity index is 253. The zero-order chi connectivity index (χ0) is 13.4. The molecule has 0 aromatic rings. The maximum Gasteiger partial charge on any atom is 0.476 e. The smallest absolute Gasteiger partial charge is 0.426 e. The summed E-state index contributed by atoms with van der Waals surface area (Å²) in [4.78, 5) is 11.5. The Morgan fingerprint density at radius 1 is 1.50 bits per heavy atom. The average Bonchev–Trinajstić information content (AvgIpc) is 2.84. The number of thiol groups is 1. The second-order valence-electron chi connectivity index (χ2n) is 4.34. The highest BCUT2D eigenvalue weighted by atomic mass is 33.1. The molecular formula is C10H20BNO3S3. The lowest BCUT2D eigenvalue weighted by molar-refractivity contribution is -0.121. The van der Waals surface area contributed by atoms with Gasteiger partial charge in [-0.2, -0.15) is 12.6 Å². The predicted octanol–water partition coefficient (Wildman–Crippen LogP) is 1.13. The lowest BCUT2D eigenvalue weighted by Crippen LogP contribution is -2.47. The van der Waals surface area contributed by atoms with Gasteiger partial charge in [-0.25, -0.2) is 0 Å². The first-order valence-corrected chi connectivity index (χ1v) is 9.19.